The molecule has 0 unspecified atom stereocenters. The van der Waals surface area contributed by atoms with Crippen LogP contribution in [0.25, 0.3) is 0 Å². The average Bonchev–Trinajstić information content (AvgIpc) is 2.74. The van der Waals surface area contributed by atoms with Crippen LogP contribution < -0.4 is 0 Å². The summed E-state index contributed by atoms with van der Waals surface area (Å²) < 4.78 is 0. The van der Waals surface area contributed by atoms with Crippen molar-refractivity contribution in [2.45, 2.75) is 19.6 Å². The van der Waals surface area contributed by atoms with Gasteiger partial charge in [-0.15, -0.1) is 0 Å². The summed E-state index contributed by atoms with van der Waals surface area (Å²) in [6.45, 7) is 0.622. The number of pyridine rings is 3. The van der Waals surface area contributed by atoms with Gasteiger partial charge in [0.25, 0.3) is 0 Å². The molecular weight excluding hydrogens is 404 g/mol. The highest BCUT2D eigenvalue weighted by Gasteiger charge is 2.15. The smallest absolute Gasteiger partial charge is 0.354 e. The molecule has 0 aliphatic heterocycles. The second-order valence-corrected chi connectivity index (χ2v) is 6.60. The van der Waals surface area contributed by atoms with Crippen LogP contribution in [0.4, 0.5) is 0 Å². The van der Waals surface area contributed by atoms with E-state index in [1.54, 1.807) is 36.4 Å². The first-order valence-electron chi connectivity index (χ1n) is 9.12. The summed E-state index contributed by atoms with van der Waals surface area (Å²) in [5.74, 6) is -3.46. The molecule has 0 bridgehead atoms. The maximum Gasteiger partial charge on any atom is 0.354 e. The predicted octanol–water partition coefficient (Wildman–Crippen LogP) is 2.17. The van der Waals surface area contributed by atoms with Crippen LogP contribution in [0, 0.1) is 0 Å². The third-order valence-corrected chi connectivity index (χ3v) is 4.23. The average molecular weight is 422 g/mol. The minimum absolute atomic E-state index is 0.102. The lowest BCUT2D eigenvalue weighted by molar-refractivity contribution is 0.0679. The van der Waals surface area contributed by atoms with Gasteiger partial charge in [-0.25, -0.2) is 29.3 Å². The van der Waals surface area contributed by atoms with Gasteiger partial charge in [0, 0.05) is 19.6 Å². The van der Waals surface area contributed by atoms with Gasteiger partial charge in [0.2, 0.25) is 0 Å². The van der Waals surface area contributed by atoms with Crippen LogP contribution in [0.1, 0.15) is 48.5 Å². The summed E-state index contributed by atoms with van der Waals surface area (Å²) in [6, 6.07) is 13.9. The van der Waals surface area contributed by atoms with Gasteiger partial charge in [0.1, 0.15) is 17.1 Å². The van der Waals surface area contributed by atoms with E-state index in [0.29, 0.717) is 17.1 Å². The number of carboxylic acids is 3. The van der Waals surface area contributed by atoms with E-state index in [2.05, 4.69) is 15.0 Å². The lowest BCUT2D eigenvalue weighted by Crippen LogP contribution is -2.25. The van der Waals surface area contributed by atoms with Crippen LogP contribution in [0.5, 0.6) is 0 Å². The first-order chi connectivity index (χ1) is 14.8. The van der Waals surface area contributed by atoms with Crippen LogP contribution in [-0.2, 0) is 19.6 Å². The van der Waals surface area contributed by atoms with Crippen molar-refractivity contribution in [1.82, 2.24) is 19.9 Å². The minimum atomic E-state index is -1.15. The Balaban J connectivity index is 1.89. The van der Waals surface area contributed by atoms with Gasteiger partial charge in [0.05, 0.1) is 17.1 Å². The first kappa shape index (κ1) is 21.5. The largest absolute Gasteiger partial charge is 0.477 e. The van der Waals surface area contributed by atoms with Gasteiger partial charge in [0.15, 0.2) is 0 Å². The summed E-state index contributed by atoms with van der Waals surface area (Å²) in [6.07, 6.45) is 0. The maximum absolute atomic E-state index is 11.2. The molecule has 3 rings (SSSR count). The number of nitrogens with zero attached hydrogens (tertiary/aromatic N) is 4. The molecule has 0 saturated heterocycles. The third kappa shape index (κ3) is 5.90. The molecule has 0 amide bonds. The molecule has 10 nitrogen and oxygen atoms in total. The molecule has 0 radical (unpaired) electrons. The van der Waals surface area contributed by atoms with E-state index >= 15 is 0 Å². The van der Waals surface area contributed by atoms with E-state index in [1.165, 1.54) is 18.2 Å². The van der Waals surface area contributed by atoms with Crippen LogP contribution in [0.3, 0.4) is 0 Å². The fourth-order valence-corrected chi connectivity index (χ4v) is 2.92. The van der Waals surface area contributed by atoms with Crippen molar-refractivity contribution in [2.24, 2.45) is 0 Å². The number of carboxylic acid groups (broad SMARTS) is 3. The fourth-order valence-electron chi connectivity index (χ4n) is 2.92. The molecule has 0 aromatic carbocycles. The molecular formula is C21H18N4O6. The molecule has 3 aromatic rings. The Hall–Kier alpha value is -4.18. The van der Waals surface area contributed by atoms with Crippen molar-refractivity contribution in [3.05, 3.63) is 88.8 Å². The zero-order chi connectivity index (χ0) is 22.4. The Kier molecular flexibility index (Phi) is 6.63. The molecule has 3 aromatic heterocycles. The maximum atomic E-state index is 11.2. The number of hydrogen-bond acceptors (Lipinski definition) is 7. The molecule has 0 atom stereocenters. The van der Waals surface area contributed by atoms with Gasteiger partial charge in [-0.2, -0.15) is 0 Å². The quantitative estimate of drug-likeness (QED) is 0.467. The summed E-state index contributed by atoms with van der Waals surface area (Å²) in [5, 5.41) is 27.5. The highest BCUT2D eigenvalue weighted by molar-refractivity contribution is 5.86. The number of aromatic nitrogens is 3. The Morgan fingerprint density at radius 3 is 1.13 bits per heavy atom. The van der Waals surface area contributed by atoms with Crippen LogP contribution >= 0.6 is 0 Å². The molecule has 0 aliphatic rings. The lowest BCUT2D eigenvalue weighted by Gasteiger charge is -2.21. The number of hydrogen-bond donors (Lipinski definition) is 3. The van der Waals surface area contributed by atoms with Crippen molar-refractivity contribution in [2.75, 3.05) is 0 Å². The van der Waals surface area contributed by atoms with E-state index in [4.69, 9.17) is 0 Å². The van der Waals surface area contributed by atoms with Gasteiger partial charge in [-0.1, -0.05) is 18.2 Å². The number of aromatic carboxylic acids is 3. The third-order valence-electron chi connectivity index (χ3n) is 4.23. The second kappa shape index (κ2) is 9.55. The zero-order valence-electron chi connectivity index (χ0n) is 16.2. The van der Waals surface area contributed by atoms with Crippen molar-refractivity contribution < 1.29 is 29.7 Å². The summed E-state index contributed by atoms with van der Waals surface area (Å²) in [4.78, 5) is 47.8. The lowest BCUT2D eigenvalue weighted by atomic mass is 10.2. The van der Waals surface area contributed by atoms with Crippen molar-refractivity contribution >= 4 is 17.9 Å². The van der Waals surface area contributed by atoms with Gasteiger partial charge in [-0.05, 0) is 36.4 Å². The van der Waals surface area contributed by atoms with E-state index in [0.717, 1.165) is 0 Å². The first-order valence-corrected chi connectivity index (χ1v) is 9.12. The van der Waals surface area contributed by atoms with E-state index in [1.807, 2.05) is 4.90 Å². The van der Waals surface area contributed by atoms with Gasteiger partial charge < -0.3 is 15.3 Å². The predicted molar refractivity (Wildman–Crippen MR) is 107 cm³/mol. The normalized spacial score (nSPS) is 10.7. The highest BCUT2D eigenvalue weighted by Crippen LogP contribution is 2.13. The molecule has 10 heteroatoms. The van der Waals surface area contributed by atoms with E-state index in [9.17, 15) is 29.7 Å². The van der Waals surface area contributed by atoms with Crippen molar-refractivity contribution in [1.29, 1.82) is 0 Å². The Morgan fingerprint density at radius 1 is 0.581 bits per heavy atom. The monoisotopic (exact) mass is 422 g/mol. The van der Waals surface area contributed by atoms with E-state index < -0.39 is 17.9 Å². The van der Waals surface area contributed by atoms with E-state index in [-0.39, 0.29) is 36.7 Å². The summed E-state index contributed by atoms with van der Waals surface area (Å²) >= 11 is 0. The molecule has 0 fully saturated rings. The number of rotatable bonds is 9. The van der Waals surface area contributed by atoms with Gasteiger partial charge in [-0.3, -0.25) is 4.90 Å². The SMILES string of the molecule is O=C(O)c1cccc(CN(Cc2cccc(C(=O)O)n2)Cc2cccc(C(=O)O)n2)n1. The summed E-state index contributed by atoms with van der Waals surface area (Å²) in [7, 11) is 0. The second-order valence-electron chi connectivity index (χ2n) is 6.60. The van der Waals surface area contributed by atoms with Crippen LogP contribution in [0.15, 0.2) is 54.6 Å². The molecule has 0 saturated carbocycles. The van der Waals surface area contributed by atoms with Crippen molar-refractivity contribution in [3.8, 4) is 0 Å². The molecule has 0 spiro atoms. The summed E-state index contributed by atoms with van der Waals surface area (Å²) in [5.41, 5.74) is 1.12. The van der Waals surface area contributed by atoms with Crippen LogP contribution in [0.2, 0.25) is 0 Å². The molecule has 0 aliphatic carbocycles. The minimum Gasteiger partial charge on any atom is -0.477 e. The molecule has 158 valence electrons. The Morgan fingerprint density at radius 2 is 0.871 bits per heavy atom. The van der Waals surface area contributed by atoms with Crippen LogP contribution in [-0.4, -0.2) is 53.1 Å². The number of carbonyl (C=O) groups is 3. The molecule has 3 N–H and O–H groups in total. The standard InChI is InChI=1S/C21H18N4O6/c26-19(27)16-7-1-4-13(22-16)10-25(11-14-5-2-8-17(23-14)20(28)29)12-15-6-3-9-18(24-15)21(30)31/h1-9H,10-12H2,(H,26,27)(H,28,29)(H,30,31). The Bertz CT molecular complexity index is 993. The highest BCUT2D eigenvalue weighted by atomic mass is 16.4. The van der Waals surface area contributed by atoms with Crippen molar-refractivity contribution in [3.63, 3.8) is 0 Å². The topological polar surface area (TPSA) is 154 Å². The zero-order valence-corrected chi connectivity index (χ0v) is 16.2. The molecule has 31 heavy (non-hydrogen) atoms. The molecule has 3 heterocycles. The Labute approximate surface area is 176 Å². The fraction of sp³-hybridized carbons (Fsp3) is 0.143. The van der Waals surface area contributed by atoms with Gasteiger partial charge >= 0.3 is 17.9 Å².